The fourth-order valence-electron chi connectivity index (χ4n) is 1.69. The lowest BCUT2D eigenvalue weighted by Crippen LogP contribution is -2.31. The van der Waals surface area contributed by atoms with Crippen molar-refractivity contribution in [2.45, 2.75) is 24.4 Å². The molecule has 8 nitrogen and oxygen atoms in total. The SMILES string of the molecule is O=[N+]([O-])c1nc([C@@H]2O[C@H](CCl)[C@@H](O)[C@H]2O)c[nH]1. The van der Waals surface area contributed by atoms with Crippen LogP contribution in [0.2, 0.25) is 0 Å². The van der Waals surface area contributed by atoms with Gasteiger partial charge in [0, 0.05) is 0 Å². The predicted octanol–water partition coefficient (Wildman–Crippen LogP) is -0.282. The molecule has 94 valence electrons. The first kappa shape index (κ1) is 12.2. The van der Waals surface area contributed by atoms with Crippen molar-refractivity contribution in [2.75, 3.05) is 5.88 Å². The van der Waals surface area contributed by atoms with Crippen LogP contribution in [-0.4, -0.2) is 49.3 Å². The number of hydrogen-bond acceptors (Lipinski definition) is 6. The third kappa shape index (κ3) is 2.12. The molecule has 0 unspecified atom stereocenters. The number of aliphatic hydroxyl groups excluding tert-OH is 2. The zero-order chi connectivity index (χ0) is 12.6. The second-order valence-corrected chi connectivity index (χ2v) is 3.95. The van der Waals surface area contributed by atoms with E-state index in [1.807, 2.05) is 0 Å². The van der Waals surface area contributed by atoms with Gasteiger partial charge >= 0.3 is 5.95 Å². The van der Waals surface area contributed by atoms with E-state index in [0.717, 1.165) is 0 Å². The zero-order valence-electron chi connectivity index (χ0n) is 8.49. The maximum absolute atomic E-state index is 10.4. The molecule has 2 heterocycles. The van der Waals surface area contributed by atoms with E-state index in [0.29, 0.717) is 0 Å². The van der Waals surface area contributed by atoms with Gasteiger partial charge in [-0.2, -0.15) is 0 Å². The molecular weight excluding hydrogens is 254 g/mol. The number of H-pyrrole nitrogens is 1. The molecule has 0 aromatic carbocycles. The van der Waals surface area contributed by atoms with Gasteiger partial charge in [-0.25, -0.2) is 4.98 Å². The Labute approximate surface area is 100 Å². The van der Waals surface area contributed by atoms with Crippen LogP contribution in [0.5, 0.6) is 0 Å². The maximum atomic E-state index is 10.4. The van der Waals surface area contributed by atoms with Gasteiger partial charge in [0.15, 0.2) is 5.69 Å². The third-order valence-electron chi connectivity index (χ3n) is 2.56. The largest absolute Gasteiger partial charge is 0.432 e. The van der Waals surface area contributed by atoms with Crippen LogP contribution in [0.1, 0.15) is 11.8 Å². The first-order chi connectivity index (χ1) is 8.04. The van der Waals surface area contributed by atoms with Crippen LogP contribution in [0.15, 0.2) is 6.20 Å². The fourth-order valence-corrected chi connectivity index (χ4v) is 1.94. The Morgan fingerprint density at radius 2 is 2.29 bits per heavy atom. The van der Waals surface area contributed by atoms with Gasteiger partial charge in [0.2, 0.25) is 0 Å². The normalized spacial score (nSPS) is 32.9. The standard InChI is InChI=1S/C8H10ClN3O5/c9-1-4-5(13)6(14)7(17-4)3-2-10-8(11-3)12(15)16/h2,4-7,13-14H,1H2,(H,10,11)/t4-,5-,6-,7+/m1/s1. The zero-order valence-corrected chi connectivity index (χ0v) is 9.24. The van der Waals surface area contributed by atoms with Crippen molar-refractivity contribution in [1.82, 2.24) is 9.97 Å². The number of aromatic amines is 1. The number of rotatable bonds is 3. The van der Waals surface area contributed by atoms with Crippen molar-refractivity contribution in [3.63, 3.8) is 0 Å². The molecule has 9 heteroatoms. The van der Waals surface area contributed by atoms with Crippen molar-refractivity contribution >= 4 is 17.5 Å². The second kappa shape index (κ2) is 4.57. The molecule has 0 radical (unpaired) electrons. The van der Waals surface area contributed by atoms with Crippen molar-refractivity contribution in [1.29, 1.82) is 0 Å². The molecular formula is C8H10ClN3O5. The van der Waals surface area contributed by atoms with E-state index in [2.05, 4.69) is 9.97 Å². The summed E-state index contributed by atoms with van der Waals surface area (Å²) in [7, 11) is 0. The van der Waals surface area contributed by atoms with Crippen LogP contribution >= 0.6 is 11.6 Å². The summed E-state index contributed by atoms with van der Waals surface area (Å²) in [5.74, 6) is -0.430. The number of halogens is 1. The van der Waals surface area contributed by atoms with Gasteiger partial charge in [0.05, 0.1) is 5.88 Å². The van der Waals surface area contributed by atoms with Gasteiger partial charge in [-0.1, -0.05) is 4.98 Å². The molecule has 0 spiro atoms. The summed E-state index contributed by atoms with van der Waals surface area (Å²) < 4.78 is 5.28. The molecule has 1 aromatic rings. The van der Waals surface area contributed by atoms with Crippen LogP contribution in [0.25, 0.3) is 0 Å². The van der Waals surface area contributed by atoms with E-state index >= 15 is 0 Å². The Morgan fingerprint density at radius 3 is 2.76 bits per heavy atom. The second-order valence-electron chi connectivity index (χ2n) is 3.64. The summed E-state index contributed by atoms with van der Waals surface area (Å²) >= 11 is 5.54. The van der Waals surface area contributed by atoms with Crippen molar-refractivity contribution in [2.24, 2.45) is 0 Å². The number of nitrogens with zero attached hydrogens (tertiary/aromatic N) is 2. The van der Waals surface area contributed by atoms with Crippen molar-refractivity contribution in [3.05, 3.63) is 22.0 Å². The van der Waals surface area contributed by atoms with Crippen molar-refractivity contribution in [3.8, 4) is 0 Å². The molecule has 0 bridgehead atoms. The van der Waals surface area contributed by atoms with E-state index in [4.69, 9.17) is 16.3 Å². The molecule has 2 rings (SSSR count). The highest BCUT2D eigenvalue weighted by molar-refractivity contribution is 6.18. The Kier molecular flexibility index (Phi) is 3.29. The highest BCUT2D eigenvalue weighted by Crippen LogP contribution is 2.33. The molecule has 0 saturated carbocycles. The number of aliphatic hydroxyl groups is 2. The quantitative estimate of drug-likeness (QED) is 0.392. The number of imidazole rings is 1. The average molecular weight is 264 g/mol. The van der Waals surface area contributed by atoms with Gasteiger partial charge in [-0.15, -0.1) is 11.6 Å². The van der Waals surface area contributed by atoms with Crippen LogP contribution < -0.4 is 0 Å². The first-order valence-electron chi connectivity index (χ1n) is 4.82. The smallest absolute Gasteiger partial charge is 0.390 e. The molecule has 3 N–H and O–H groups in total. The van der Waals surface area contributed by atoms with E-state index in [-0.39, 0.29) is 11.6 Å². The minimum Gasteiger partial charge on any atom is -0.390 e. The first-order valence-corrected chi connectivity index (χ1v) is 5.35. The number of nitrogens with one attached hydrogen (secondary N) is 1. The molecule has 1 aromatic heterocycles. The highest BCUT2D eigenvalue weighted by atomic mass is 35.5. The summed E-state index contributed by atoms with van der Waals surface area (Å²) in [5, 5.41) is 29.7. The molecule has 0 aliphatic carbocycles. The fraction of sp³-hybridized carbons (Fsp3) is 0.625. The van der Waals surface area contributed by atoms with E-state index < -0.39 is 35.3 Å². The van der Waals surface area contributed by atoms with Gasteiger partial charge in [0.25, 0.3) is 0 Å². The van der Waals surface area contributed by atoms with Crippen LogP contribution in [-0.2, 0) is 4.74 Å². The van der Waals surface area contributed by atoms with Crippen LogP contribution in [0.4, 0.5) is 5.95 Å². The van der Waals surface area contributed by atoms with Crippen LogP contribution in [0.3, 0.4) is 0 Å². The van der Waals surface area contributed by atoms with E-state index in [9.17, 15) is 20.3 Å². The van der Waals surface area contributed by atoms with Gasteiger partial charge in [-0.3, -0.25) is 0 Å². The number of aromatic nitrogens is 2. The lowest BCUT2D eigenvalue weighted by molar-refractivity contribution is -0.393. The highest BCUT2D eigenvalue weighted by Gasteiger charge is 2.45. The van der Waals surface area contributed by atoms with E-state index in [1.165, 1.54) is 6.20 Å². The van der Waals surface area contributed by atoms with E-state index in [1.54, 1.807) is 0 Å². The average Bonchev–Trinajstić information content (AvgIpc) is 2.87. The molecule has 1 saturated heterocycles. The molecule has 1 aliphatic rings. The molecule has 17 heavy (non-hydrogen) atoms. The maximum Gasteiger partial charge on any atom is 0.432 e. The summed E-state index contributed by atoms with van der Waals surface area (Å²) in [5.41, 5.74) is 0.163. The lowest BCUT2D eigenvalue weighted by Gasteiger charge is -2.10. The minimum atomic E-state index is -1.21. The number of hydrogen-bond donors (Lipinski definition) is 3. The van der Waals surface area contributed by atoms with Gasteiger partial charge in [-0.05, 0) is 4.92 Å². The third-order valence-corrected chi connectivity index (χ3v) is 2.87. The Bertz CT molecular complexity index is 425. The number of ether oxygens (including phenoxy) is 1. The summed E-state index contributed by atoms with van der Waals surface area (Å²) in [6, 6.07) is 0. The Balaban J connectivity index is 2.19. The molecule has 1 fully saturated rings. The summed E-state index contributed by atoms with van der Waals surface area (Å²) in [6.07, 6.45) is -2.71. The predicted molar refractivity (Wildman–Crippen MR) is 55.6 cm³/mol. The lowest BCUT2D eigenvalue weighted by atomic mass is 10.1. The number of nitro groups is 1. The molecule has 0 amide bonds. The molecule has 4 atom stereocenters. The summed E-state index contributed by atoms with van der Waals surface area (Å²) in [4.78, 5) is 15.7. The Morgan fingerprint density at radius 1 is 1.59 bits per heavy atom. The summed E-state index contributed by atoms with van der Waals surface area (Å²) in [6.45, 7) is 0. The Hall–Kier alpha value is -1.22. The molecule has 1 aliphatic heterocycles. The number of alkyl halides is 1. The van der Waals surface area contributed by atoms with Crippen LogP contribution in [0, 0.1) is 10.1 Å². The topological polar surface area (TPSA) is 122 Å². The monoisotopic (exact) mass is 263 g/mol. The van der Waals surface area contributed by atoms with Gasteiger partial charge in [0.1, 0.15) is 30.6 Å². The minimum absolute atomic E-state index is 0.0151. The van der Waals surface area contributed by atoms with Crippen molar-refractivity contribution < 1.29 is 19.9 Å². The van der Waals surface area contributed by atoms with Gasteiger partial charge < -0.3 is 25.1 Å².